The topological polar surface area (TPSA) is 40.6 Å². The molecular formula is C14H30N2O2. The van der Waals surface area contributed by atoms with E-state index in [1.807, 2.05) is 27.7 Å². The van der Waals surface area contributed by atoms with Gasteiger partial charge in [0.2, 0.25) is 11.8 Å². The molecule has 0 radical (unpaired) electrons. The van der Waals surface area contributed by atoms with E-state index in [0.717, 1.165) is 25.9 Å². The van der Waals surface area contributed by atoms with Gasteiger partial charge in [0.15, 0.2) is 0 Å². The highest BCUT2D eigenvalue weighted by Crippen LogP contribution is 2.18. The minimum atomic E-state index is 0.112. The zero-order chi connectivity index (χ0) is 14.7. The van der Waals surface area contributed by atoms with Gasteiger partial charge in [0.25, 0.3) is 0 Å². The molecule has 1 saturated heterocycles. The molecule has 1 fully saturated rings. The van der Waals surface area contributed by atoms with Crippen LogP contribution in [0.3, 0.4) is 0 Å². The molecule has 4 heteroatoms. The fourth-order valence-corrected chi connectivity index (χ4v) is 1.81. The Hall–Kier alpha value is -1.06. The number of carbonyl (C=O) groups excluding carboxylic acids is 2. The van der Waals surface area contributed by atoms with E-state index in [9.17, 15) is 9.59 Å². The summed E-state index contributed by atoms with van der Waals surface area (Å²) in [5.41, 5.74) is 0. The average molecular weight is 258 g/mol. The van der Waals surface area contributed by atoms with E-state index >= 15 is 0 Å². The Morgan fingerprint density at radius 1 is 1.00 bits per heavy atom. The maximum atomic E-state index is 11.6. The van der Waals surface area contributed by atoms with Crippen LogP contribution in [0.4, 0.5) is 0 Å². The molecule has 0 bridgehead atoms. The zero-order valence-corrected chi connectivity index (χ0v) is 13.1. The number of rotatable bonds is 1. The van der Waals surface area contributed by atoms with E-state index in [2.05, 4.69) is 0 Å². The van der Waals surface area contributed by atoms with Gasteiger partial charge in [-0.1, -0.05) is 27.7 Å². The molecule has 108 valence electrons. The summed E-state index contributed by atoms with van der Waals surface area (Å²) in [6.45, 7) is 11.0. The molecule has 0 N–H and O–H groups in total. The molecule has 0 spiro atoms. The lowest BCUT2D eigenvalue weighted by atomic mass is 9.95. The van der Waals surface area contributed by atoms with E-state index in [-0.39, 0.29) is 17.7 Å². The van der Waals surface area contributed by atoms with Crippen molar-refractivity contribution in [2.24, 2.45) is 5.92 Å². The smallest absolute Gasteiger partial charge is 0.225 e. The molecule has 1 heterocycles. The molecule has 0 unspecified atom stereocenters. The minimum absolute atomic E-state index is 0.112. The van der Waals surface area contributed by atoms with Crippen molar-refractivity contribution in [2.45, 2.75) is 47.5 Å². The van der Waals surface area contributed by atoms with Gasteiger partial charge in [-0.2, -0.15) is 0 Å². The molecule has 1 aliphatic rings. The lowest BCUT2D eigenvalue weighted by molar-refractivity contribution is -0.138. The quantitative estimate of drug-likeness (QED) is 0.724. The Morgan fingerprint density at radius 3 is 1.67 bits per heavy atom. The highest BCUT2D eigenvalue weighted by molar-refractivity contribution is 5.79. The maximum Gasteiger partial charge on any atom is 0.225 e. The van der Waals surface area contributed by atoms with E-state index in [1.54, 1.807) is 30.8 Å². The van der Waals surface area contributed by atoms with E-state index in [0.29, 0.717) is 0 Å². The Labute approximate surface area is 112 Å². The number of likely N-dealkylation sites (tertiary alicyclic amines) is 1. The van der Waals surface area contributed by atoms with Crippen molar-refractivity contribution < 1.29 is 9.59 Å². The van der Waals surface area contributed by atoms with Gasteiger partial charge in [0, 0.05) is 40.0 Å². The molecular weight excluding hydrogens is 228 g/mol. The highest BCUT2D eigenvalue weighted by atomic mass is 16.2. The zero-order valence-electron chi connectivity index (χ0n) is 13.1. The summed E-state index contributed by atoms with van der Waals surface area (Å²) in [5, 5.41) is 0. The third-order valence-corrected chi connectivity index (χ3v) is 2.73. The molecule has 0 aromatic rings. The van der Waals surface area contributed by atoms with Crippen molar-refractivity contribution in [1.82, 2.24) is 9.80 Å². The van der Waals surface area contributed by atoms with Crippen molar-refractivity contribution >= 4 is 11.8 Å². The molecule has 0 saturated carbocycles. The van der Waals surface area contributed by atoms with E-state index < -0.39 is 0 Å². The molecule has 0 aromatic carbocycles. The molecule has 4 nitrogen and oxygen atoms in total. The van der Waals surface area contributed by atoms with Gasteiger partial charge in [0.1, 0.15) is 0 Å². The van der Waals surface area contributed by atoms with Crippen LogP contribution in [0.15, 0.2) is 0 Å². The van der Waals surface area contributed by atoms with Crippen LogP contribution in [0.5, 0.6) is 0 Å². The maximum absolute atomic E-state index is 11.6. The third kappa shape index (κ3) is 6.62. The largest absolute Gasteiger partial charge is 0.349 e. The van der Waals surface area contributed by atoms with Crippen molar-refractivity contribution in [2.75, 3.05) is 27.2 Å². The van der Waals surface area contributed by atoms with Crippen LogP contribution in [0.1, 0.15) is 47.5 Å². The Bertz CT molecular complexity index is 232. The fourth-order valence-electron chi connectivity index (χ4n) is 1.81. The first-order valence-electron chi connectivity index (χ1n) is 6.99. The predicted octanol–water partition coefficient (Wildman–Crippen LogP) is 2.39. The normalized spacial score (nSPS) is 14.7. The monoisotopic (exact) mass is 258 g/mol. The van der Waals surface area contributed by atoms with Crippen molar-refractivity contribution in [1.29, 1.82) is 0 Å². The summed E-state index contributed by atoms with van der Waals surface area (Å²) in [6.07, 6.45) is 1.60. The summed E-state index contributed by atoms with van der Waals surface area (Å²) >= 11 is 0. The predicted molar refractivity (Wildman–Crippen MR) is 76.4 cm³/mol. The number of piperidine rings is 1. The molecule has 18 heavy (non-hydrogen) atoms. The van der Waals surface area contributed by atoms with Gasteiger partial charge in [-0.05, 0) is 12.8 Å². The van der Waals surface area contributed by atoms with Gasteiger partial charge in [-0.3, -0.25) is 9.59 Å². The van der Waals surface area contributed by atoms with Gasteiger partial charge in [-0.25, -0.2) is 0 Å². The Balaban J connectivity index is 0. The number of nitrogens with zero attached hydrogens (tertiary/aromatic N) is 2. The van der Waals surface area contributed by atoms with Crippen LogP contribution in [0, 0.1) is 5.92 Å². The molecule has 0 aliphatic carbocycles. The van der Waals surface area contributed by atoms with Crippen LogP contribution >= 0.6 is 0 Å². The fraction of sp³-hybridized carbons (Fsp3) is 0.857. The second kappa shape index (κ2) is 11.1. The van der Waals surface area contributed by atoms with Gasteiger partial charge >= 0.3 is 0 Å². The summed E-state index contributed by atoms with van der Waals surface area (Å²) in [6, 6.07) is 0. The van der Waals surface area contributed by atoms with Crippen molar-refractivity contribution in [3.63, 3.8) is 0 Å². The summed E-state index contributed by atoms with van der Waals surface area (Å²) in [4.78, 5) is 26.1. The number of amides is 2. The first kappa shape index (κ1) is 19.3. The van der Waals surface area contributed by atoms with Gasteiger partial charge < -0.3 is 9.80 Å². The van der Waals surface area contributed by atoms with Crippen LogP contribution in [0.25, 0.3) is 0 Å². The van der Waals surface area contributed by atoms with E-state index in [1.165, 1.54) is 0 Å². The van der Waals surface area contributed by atoms with Crippen molar-refractivity contribution in [3.05, 3.63) is 0 Å². The minimum Gasteiger partial charge on any atom is -0.349 e. The van der Waals surface area contributed by atoms with E-state index in [4.69, 9.17) is 0 Å². The second-order valence-electron chi connectivity index (χ2n) is 4.01. The number of hydrogen-bond donors (Lipinski definition) is 0. The van der Waals surface area contributed by atoms with Crippen LogP contribution in [-0.4, -0.2) is 48.8 Å². The summed E-state index contributed by atoms with van der Waals surface area (Å²) in [7, 11) is 3.55. The summed E-state index contributed by atoms with van der Waals surface area (Å²) in [5.74, 6) is 0.412. The molecule has 1 aliphatic heterocycles. The first-order valence-corrected chi connectivity index (χ1v) is 6.99. The Kier molecular flexibility index (Phi) is 11.8. The molecule has 1 rings (SSSR count). The Morgan fingerprint density at radius 2 is 1.39 bits per heavy atom. The lowest BCUT2D eigenvalue weighted by Crippen LogP contribution is -2.41. The number of hydrogen-bond acceptors (Lipinski definition) is 2. The highest BCUT2D eigenvalue weighted by Gasteiger charge is 2.26. The molecule has 0 aromatic heterocycles. The number of carbonyl (C=O) groups is 2. The molecule has 2 amide bonds. The first-order chi connectivity index (χ1) is 8.52. The van der Waals surface area contributed by atoms with Crippen LogP contribution < -0.4 is 0 Å². The summed E-state index contributed by atoms with van der Waals surface area (Å²) < 4.78 is 0. The van der Waals surface area contributed by atoms with Gasteiger partial charge in [0.05, 0.1) is 0 Å². The standard InChI is InChI=1S/C10H18N2O2.2C2H6/c1-8(13)12-6-4-9(5-7-12)10(14)11(2)3;2*1-2/h9H,4-7H2,1-3H3;2*1-2H3. The van der Waals surface area contributed by atoms with Gasteiger partial charge in [-0.15, -0.1) is 0 Å². The van der Waals surface area contributed by atoms with Crippen LogP contribution in [0.2, 0.25) is 0 Å². The average Bonchev–Trinajstić information content (AvgIpc) is 2.42. The third-order valence-electron chi connectivity index (χ3n) is 2.73. The lowest BCUT2D eigenvalue weighted by Gasteiger charge is -2.31. The molecule has 0 atom stereocenters. The SMILES string of the molecule is CC.CC.CC(=O)N1CCC(C(=O)N(C)C)CC1. The van der Waals surface area contributed by atoms with Crippen molar-refractivity contribution in [3.8, 4) is 0 Å². The van der Waals surface area contributed by atoms with Crippen LogP contribution in [-0.2, 0) is 9.59 Å². The second-order valence-corrected chi connectivity index (χ2v) is 4.01.